The Morgan fingerprint density at radius 2 is 1.64 bits per heavy atom. The number of carbonyl (C=O) groups excluding carboxylic acids is 1. The third-order valence-electron chi connectivity index (χ3n) is 3.48. The van der Waals surface area contributed by atoms with Gasteiger partial charge in [-0.15, -0.1) is 0 Å². The third kappa shape index (κ3) is 5.04. The molecule has 0 radical (unpaired) electrons. The fourth-order valence-electron chi connectivity index (χ4n) is 2.13. The van der Waals surface area contributed by atoms with Gasteiger partial charge in [-0.2, -0.15) is 13.2 Å². The Kier molecular flexibility index (Phi) is 5.31. The lowest BCUT2D eigenvalue weighted by Crippen LogP contribution is -2.29. The Hall–Kier alpha value is -1.52. The van der Waals surface area contributed by atoms with Crippen LogP contribution in [0.25, 0.3) is 0 Å². The van der Waals surface area contributed by atoms with Gasteiger partial charge in [0.15, 0.2) is 0 Å². The smallest absolute Gasteiger partial charge is 0.416 e. The van der Waals surface area contributed by atoms with Crippen LogP contribution in [-0.4, -0.2) is 11.6 Å². The van der Waals surface area contributed by atoms with Crippen molar-refractivity contribution in [3.63, 3.8) is 0 Å². The van der Waals surface area contributed by atoms with Crippen LogP contribution in [0.15, 0.2) is 18.2 Å². The van der Waals surface area contributed by atoms with Crippen molar-refractivity contribution in [1.82, 2.24) is 0 Å². The first-order chi connectivity index (χ1) is 9.81. The molecule has 0 aliphatic carbocycles. The second-order valence-corrected chi connectivity index (χ2v) is 6.74. The number of alkyl halides is 3. The highest BCUT2D eigenvalue weighted by Crippen LogP contribution is 2.34. The average Bonchev–Trinajstić information content (AvgIpc) is 2.33. The molecule has 0 N–H and O–H groups in total. The summed E-state index contributed by atoms with van der Waals surface area (Å²) in [5.41, 5.74) is -0.293. The van der Waals surface area contributed by atoms with Gasteiger partial charge in [0.2, 0.25) is 0 Å². The van der Waals surface area contributed by atoms with Crippen molar-refractivity contribution in [1.29, 1.82) is 0 Å². The fraction of sp³-hybridized carbons (Fsp3) is 0.588. The molecule has 0 bridgehead atoms. The summed E-state index contributed by atoms with van der Waals surface area (Å²) in [6.07, 6.45) is -4.39. The maximum atomic E-state index is 12.9. The lowest BCUT2D eigenvalue weighted by molar-refractivity contribution is -0.160. The van der Waals surface area contributed by atoms with Crippen LogP contribution in [0.5, 0.6) is 0 Å². The van der Waals surface area contributed by atoms with E-state index in [-0.39, 0.29) is 5.92 Å². The SMILES string of the molecule is Cc1cc(C(C)C(C)C(=O)OC(C)(C)C)cc(C(F)(F)F)c1. The largest absolute Gasteiger partial charge is 0.460 e. The van der Waals surface area contributed by atoms with Gasteiger partial charge in [-0.3, -0.25) is 4.79 Å². The van der Waals surface area contributed by atoms with Crippen LogP contribution < -0.4 is 0 Å². The molecule has 0 amide bonds. The van der Waals surface area contributed by atoms with Gasteiger partial charge in [0, 0.05) is 0 Å². The molecule has 124 valence electrons. The van der Waals surface area contributed by atoms with Crippen LogP contribution in [0.2, 0.25) is 0 Å². The van der Waals surface area contributed by atoms with Crippen molar-refractivity contribution in [2.45, 2.75) is 59.2 Å². The maximum Gasteiger partial charge on any atom is 0.416 e. The summed E-state index contributed by atoms with van der Waals surface area (Å²) >= 11 is 0. The molecule has 0 aliphatic heterocycles. The van der Waals surface area contributed by atoms with Crippen molar-refractivity contribution in [3.8, 4) is 0 Å². The number of aryl methyl sites for hydroxylation is 1. The van der Waals surface area contributed by atoms with Crippen molar-refractivity contribution in [2.75, 3.05) is 0 Å². The van der Waals surface area contributed by atoms with E-state index >= 15 is 0 Å². The molecule has 0 heterocycles. The molecule has 0 aliphatic rings. The Labute approximate surface area is 129 Å². The van der Waals surface area contributed by atoms with Crippen LogP contribution in [0.4, 0.5) is 13.2 Å². The summed E-state index contributed by atoms with van der Waals surface area (Å²) in [6.45, 7) is 10.3. The highest BCUT2D eigenvalue weighted by molar-refractivity contribution is 5.73. The van der Waals surface area contributed by atoms with E-state index in [1.54, 1.807) is 47.6 Å². The highest BCUT2D eigenvalue weighted by Gasteiger charge is 2.33. The molecule has 0 aromatic heterocycles. The van der Waals surface area contributed by atoms with Crippen LogP contribution in [0.1, 0.15) is 57.2 Å². The standard InChI is InChI=1S/C17H23F3O2/c1-10-7-13(9-14(8-10)17(18,19)20)11(2)12(3)15(21)22-16(4,5)6/h7-9,11-12H,1-6H3. The van der Waals surface area contributed by atoms with Gasteiger partial charge in [-0.1, -0.05) is 25.5 Å². The molecule has 0 saturated heterocycles. The summed E-state index contributed by atoms with van der Waals surface area (Å²) in [5.74, 6) is -1.30. The molecule has 2 atom stereocenters. The molecular formula is C17H23F3O2. The van der Waals surface area contributed by atoms with Gasteiger partial charge in [0.25, 0.3) is 0 Å². The molecule has 1 aromatic rings. The number of halogens is 3. The molecule has 0 spiro atoms. The Balaban J connectivity index is 3.05. The molecule has 1 rings (SSSR count). The quantitative estimate of drug-likeness (QED) is 0.726. The predicted molar refractivity (Wildman–Crippen MR) is 79.6 cm³/mol. The van der Waals surface area contributed by atoms with Crippen LogP contribution >= 0.6 is 0 Å². The maximum absolute atomic E-state index is 12.9. The van der Waals surface area contributed by atoms with Crippen LogP contribution in [0.3, 0.4) is 0 Å². The van der Waals surface area contributed by atoms with Gasteiger partial charge >= 0.3 is 12.1 Å². The second-order valence-electron chi connectivity index (χ2n) is 6.74. The van der Waals surface area contributed by atoms with Gasteiger partial charge in [0.05, 0.1) is 11.5 Å². The number of carbonyl (C=O) groups is 1. The van der Waals surface area contributed by atoms with Crippen LogP contribution in [0, 0.1) is 12.8 Å². The number of hydrogen-bond acceptors (Lipinski definition) is 2. The molecule has 0 fully saturated rings. The first-order valence-electron chi connectivity index (χ1n) is 7.23. The second kappa shape index (κ2) is 6.31. The predicted octanol–water partition coefficient (Wildman–Crippen LogP) is 5.10. The number of rotatable bonds is 3. The summed E-state index contributed by atoms with van der Waals surface area (Å²) < 4.78 is 44.0. The molecular weight excluding hydrogens is 293 g/mol. The molecule has 5 heteroatoms. The van der Waals surface area contributed by atoms with Crippen molar-refractivity contribution < 1.29 is 22.7 Å². The zero-order valence-electron chi connectivity index (χ0n) is 13.8. The molecule has 2 unspecified atom stereocenters. The minimum Gasteiger partial charge on any atom is -0.460 e. The lowest BCUT2D eigenvalue weighted by atomic mass is 9.87. The summed E-state index contributed by atoms with van der Waals surface area (Å²) in [4.78, 5) is 12.1. The first-order valence-corrected chi connectivity index (χ1v) is 7.23. The molecule has 22 heavy (non-hydrogen) atoms. The van der Waals surface area contributed by atoms with E-state index in [0.29, 0.717) is 11.1 Å². The normalized spacial score (nSPS) is 15.3. The van der Waals surface area contributed by atoms with Gasteiger partial charge in [-0.05, 0) is 51.3 Å². The molecule has 2 nitrogen and oxygen atoms in total. The number of ether oxygens (including phenoxy) is 1. The zero-order valence-corrected chi connectivity index (χ0v) is 13.8. The van der Waals surface area contributed by atoms with Crippen molar-refractivity contribution >= 4 is 5.97 Å². The first kappa shape index (κ1) is 18.5. The summed E-state index contributed by atoms with van der Waals surface area (Å²) in [7, 11) is 0. The third-order valence-corrected chi connectivity index (χ3v) is 3.48. The summed E-state index contributed by atoms with van der Waals surface area (Å²) in [6, 6.07) is 3.90. The van der Waals surface area contributed by atoms with Gasteiger partial charge in [-0.25, -0.2) is 0 Å². The van der Waals surface area contributed by atoms with E-state index in [1.807, 2.05) is 0 Å². The van der Waals surface area contributed by atoms with E-state index in [0.717, 1.165) is 12.1 Å². The molecule has 1 aromatic carbocycles. The summed E-state index contributed by atoms with van der Waals surface area (Å²) in [5, 5.41) is 0. The van der Waals surface area contributed by atoms with E-state index in [2.05, 4.69) is 0 Å². The average molecular weight is 316 g/mol. The van der Waals surface area contributed by atoms with Crippen molar-refractivity contribution in [3.05, 3.63) is 34.9 Å². The minimum atomic E-state index is -4.39. The van der Waals surface area contributed by atoms with E-state index < -0.39 is 29.2 Å². The number of esters is 1. The van der Waals surface area contributed by atoms with Gasteiger partial charge < -0.3 is 4.74 Å². The topological polar surface area (TPSA) is 26.3 Å². The highest BCUT2D eigenvalue weighted by atomic mass is 19.4. The minimum absolute atomic E-state index is 0.365. The van der Waals surface area contributed by atoms with Crippen LogP contribution in [-0.2, 0) is 15.7 Å². The van der Waals surface area contributed by atoms with Crippen molar-refractivity contribution in [2.24, 2.45) is 5.92 Å². The fourth-order valence-corrected chi connectivity index (χ4v) is 2.13. The molecule has 0 saturated carbocycles. The zero-order chi connectivity index (χ0) is 17.3. The Morgan fingerprint density at radius 1 is 1.09 bits per heavy atom. The Morgan fingerprint density at radius 3 is 2.09 bits per heavy atom. The lowest BCUT2D eigenvalue weighted by Gasteiger charge is -2.26. The Bertz CT molecular complexity index is 542. The van der Waals surface area contributed by atoms with Gasteiger partial charge in [0.1, 0.15) is 5.60 Å². The number of benzene rings is 1. The van der Waals surface area contributed by atoms with E-state index in [9.17, 15) is 18.0 Å². The monoisotopic (exact) mass is 316 g/mol. The van der Waals surface area contributed by atoms with E-state index in [4.69, 9.17) is 4.74 Å². The van der Waals surface area contributed by atoms with E-state index in [1.165, 1.54) is 0 Å². The number of hydrogen-bond donors (Lipinski definition) is 0.